The molecule has 0 aliphatic heterocycles. The van der Waals surface area contributed by atoms with Crippen LogP contribution in [0.25, 0.3) is 0 Å². The standard InChI is InChI=1S/C13H18O3/c1-11(15)16-9-5-8-13(10-14)12-6-3-2-4-7-12/h2-4,6-7,13-14H,5,8-10H2,1H3/t13-/m1/s1. The highest BCUT2D eigenvalue weighted by Gasteiger charge is 2.09. The predicted molar refractivity (Wildman–Crippen MR) is 62.1 cm³/mol. The maximum Gasteiger partial charge on any atom is 0.302 e. The molecule has 3 heteroatoms. The average molecular weight is 222 g/mol. The lowest BCUT2D eigenvalue weighted by Gasteiger charge is -2.14. The molecule has 1 aromatic rings. The Balaban J connectivity index is 2.35. The van der Waals surface area contributed by atoms with E-state index in [9.17, 15) is 9.90 Å². The van der Waals surface area contributed by atoms with Gasteiger partial charge in [-0.25, -0.2) is 0 Å². The van der Waals surface area contributed by atoms with Crippen LogP contribution in [0, 0.1) is 0 Å². The van der Waals surface area contributed by atoms with Gasteiger partial charge in [-0.2, -0.15) is 0 Å². The molecule has 0 aliphatic rings. The Morgan fingerprint density at radius 2 is 2.06 bits per heavy atom. The zero-order valence-corrected chi connectivity index (χ0v) is 9.56. The minimum atomic E-state index is -0.250. The van der Waals surface area contributed by atoms with Crippen molar-refractivity contribution < 1.29 is 14.6 Å². The van der Waals surface area contributed by atoms with Gasteiger partial charge in [-0.05, 0) is 18.4 Å². The van der Waals surface area contributed by atoms with E-state index in [0.717, 1.165) is 18.4 Å². The number of hydrogen-bond donors (Lipinski definition) is 1. The fourth-order valence-electron chi connectivity index (χ4n) is 1.63. The Hall–Kier alpha value is -1.35. The molecule has 3 nitrogen and oxygen atoms in total. The summed E-state index contributed by atoms with van der Waals surface area (Å²) in [5.74, 6) is -0.114. The third-order valence-corrected chi connectivity index (χ3v) is 2.49. The smallest absolute Gasteiger partial charge is 0.302 e. The molecule has 0 amide bonds. The Kier molecular flexibility index (Phi) is 5.57. The Morgan fingerprint density at radius 3 is 2.62 bits per heavy atom. The predicted octanol–water partition coefficient (Wildman–Crippen LogP) is 2.11. The van der Waals surface area contributed by atoms with Crippen LogP contribution in [0.5, 0.6) is 0 Å². The molecule has 0 aromatic heterocycles. The first-order chi connectivity index (χ1) is 7.74. The van der Waals surface area contributed by atoms with Crippen molar-refractivity contribution in [3.63, 3.8) is 0 Å². The minimum Gasteiger partial charge on any atom is -0.466 e. The summed E-state index contributed by atoms with van der Waals surface area (Å²) in [5, 5.41) is 9.28. The summed E-state index contributed by atoms with van der Waals surface area (Å²) in [7, 11) is 0. The van der Waals surface area contributed by atoms with Crippen LogP contribution in [0.2, 0.25) is 0 Å². The van der Waals surface area contributed by atoms with Gasteiger partial charge in [0.15, 0.2) is 0 Å². The number of rotatable bonds is 6. The van der Waals surface area contributed by atoms with Crippen LogP contribution in [0.15, 0.2) is 30.3 Å². The van der Waals surface area contributed by atoms with Crippen LogP contribution in [-0.4, -0.2) is 24.3 Å². The molecule has 0 saturated carbocycles. The van der Waals surface area contributed by atoms with E-state index < -0.39 is 0 Å². The second-order valence-electron chi connectivity index (χ2n) is 3.77. The van der Waals surface area contributed by atoms with Crippen LogP contribution in [0.4, 0.5) is 0 Å². The number of aliphatic hydroxyl groups excluding tert-OH is 1. The van der Waals surface area contributed by atoms with E-state index in [0.29, 0.717) is 6.61 Å². The lowest BCUT2D eigenvalue weighted by molar-refractivity contribution is -0.141. The molecule has 1 atom stereocenters. The van der Waals surface area contributed by atoms with E-state index in [1.165, 1.54) is 6.92 Å². The molecule has 0 unspecified atom stereocenters. The van der Waals surface area contributed by atoms with Gasteiger partial charge in [0.25, 0.3) is 0 Å². The fraction of sp³-hybridized carbons (Fsp3) is 0.462. The first-order valence-corrected chi connectivity index (χ1v) is 5.53. The molecule has 1 rings (SSSR count). The van der Waals surface area contributed by atoms with Crippen molar-refractivity contribution in [1.82, 2.24) is 0 Å². The molecule has 0 aliphatic carbocycles. The second-order valence-corrected chi connectivity index (χ2v) is 3.77. The monoisotopic (exact) mass is 222 g/mol. The first kappa shape index (κ1) is 12.7. The van der Waals surface area contributed by atoms with Crippen LogP contribution < -0.4 is 0 Å². The minimum absolute atomic E-state index is 0.129. The zero-order valence-electron chi connectivity index (χ0n) is 9.56. The SMILES string of the molecule is CC(=O)OCCC[C@H](CO)c1ccccc1. The number of benzene rings is 1. The van der Waals surface area contributed by atoms with Gasteiger partial charge in [-0.1, -0.05) is 30.3 Å². The first-order valence-electron chi connectivity index (χ1n) is 5.53. The van der Waals surface area contributed by atoms with E-state index in [1.54, 1.807) is 0 Å². The van der Waals surface area contributed by atoms with Gasteiger partial charge in [0.2, 0.25) is 0 Å². The summed E-state index contributed by atoms with van der Waals surface area (Å²) < 4.78 is 4.85. The normalized spacial score (nSPS) is 12.1. The molecular weight excluding hydrogens is 204 g/mol. The highest BCUT2D eigenvalue weighted by Crippen LogP contribution is 2.20. The summed E-state index contributed by atoms with van der Waals surface area (Å²) in [5.41, 5.74) is 1.13. The van der Waals surface area contributed by atoms with Crippen molar-refractivity contribution in [2.24, 2.45) is 0 Å². The van der Waals surface area contributed by atoms with Crippen molar-refractivity contribution >= 4 is 5.97 Å². The molecule has 0 fully saturated rings. The van der Waals surface area contributed by atoms with Crippen molar-refractivity contribution in [3.8, 4) is 0 Å². The summed E-state index contributed by atoms with van der Waals surface area (Å²) in [4.78, 5) is 10.6. The zero-order chi connectivity index (χ0) is 11.8. The van der Waals surface area contributed by atoms with Gasteiger partial charge < -0.3 is 9.84 Å². The maximum absolute atomic E-state index is 10.6. The molecule has 0 bridgehead atoms. The van der Waals surface area contributed by atoms with Crippen LogP contribution in [0.1, 0.15) is 31.2 Å². The molecule has 0 heterocycles. The highest BCUT2D eigenvalue weighted by molar-refractivity contribution is 5.65. The van der Waals surface area contributed by atoms with Gasteiger partial charge >= 0.3 is 5.97 Å². The third-order valence-electron chi connectivity index (χ3n) is 2.49. The number of hydrogen-bond acceptors (Lipinski definition) is 3. The van der Waals surface area contributed by atoms with Crippen molar-refractivity contribution in [1.29, 1.82) is 0 Å². The van der Waals surface area contributed by atoms with Crippen LogP contribution in [0.3, 0.4) is 0 Å². The molecule has 0 spiro atoms. The van der Waals surface area contributed by atoms with E-state index in [4.69, 9.17) is 4.74 Å². The summed E-state index contributed by atoms with van der Waals surface area (Å²) in [6.07, 6.45) is 1.60. The van der Waals surface area contributed by atoms with Crippen molar-refractivity contribution in [2.45, 2.75) is 25.7 Å². The quantitative estimate of drug-likeness (QED) is 0.592. The summed E-state index contributed by atoms with van der Waals surface area (Å²) in [6, 6.07) is 9.89. The molecule has 88 valence electrons. The summed E-state index contributed by atoms with van der Waals surface area (Å²) >= 11 is 0. The average Bonchev–Trinajstić information content (AvgIpc) is 2.30. The maximum atomic E-state index is 10.6. The lowest BCUT2D eigenvalue weighted by atomic mass is 9.95. The molecule has 0 saturated heterocycles. The van der Waals surface area contributed by atoms with Gasteiger partial charge in [-0.15, -0.1) is 0 Å². The summed E-state index contributed by atoms with van der Waals surface area (Å²) in [6.45, 7) is 1.96. The van der Waals surface area contributed by atoms with Gasteiger partial charge in [0, 0.05) is 19.4 Å². The van der Waals surface area contributed by atoms with E-state index in [-0.39, 0.29) is 18.5 Å². The number of ether oxygens (including phenoxy) is 1. The largest absolute Gasteiger partial charge is 0.466 e. The lowest BCUT2D eigenvalue weighted by Crippen LogP contribution is -2.07. The molecular formula is C13H18O3. The fourth-order valence-corrected chi connectivity index (χ4v) is 1.63. The van der Waals surface area contributed by atoms with E-state index in [2.05, 4.69) is 0 Å². The molecule has 1 aromatic carbocycles. The van der Waals surface area contributed by atoms with Gasteiger partial charge in [-0.3, -0.25) is 4.79 Å². The van der Waals surface area contributed by atoms with E-state index >= 15 is 0 Å². The second kappa shape index (κ2) is 7.01. The van der Waals surface area contributed by atoms with Gasteiger partial charge in [0.1, 0.15) is 0 Å². The highest BCUT2D eigenvalue weighted by atomic mass is 16.5. The molecule has 16 heavy (non-hydrogen) atoms. The van der Waals surface area contributed by atoms with Crippen LogP contribution >= 0.6 is 0 Å². The Morgan fingerprint density at radius 1 is 1.38 bits per heavy atom. The molecule has 1 N–H and O–H groups in total. The Bertz CT molecular complexity index is 308. The van der Waals surface area contributed by atoms with Crippen LogP contribution in [-0.2, 0) is 9.53 Å². The number of carbonyl (C=O) groups is 1. The van der Waals surface area contributed by atoms with Gasteiger partial charge in [0.05, 0.1) is 6.61 Å². The number of carbonyl (C=O) groups excluding carboxylic acids is 1. The van der Waals surface area contributed by atoms with Crippen molar-refractivity contribution in [3.05, 3.63) is 35.9 Å². The number of esters is 1. The third kappa shape index (κ3) is 4.45. The van der Waals surface area contributed by atoms with E-state index in [1.807, 2.05) is 30.3 Å². The Labute approximate surface area is 96.1 Å². The topological polar surface area (TPSA) is 46.5 Å². The molecule has 0 radical (unpaired) electrons. The van der Waals surface area contributed by atoms with Crippen molar-refractivity contribution in [2.75, 3.05) is 13.2 Å². The number of aliphatic hydroxyl groups is 1.